The highest BCUT2D eigenvalue weighted by atomic mass is 16.3. The van der Waals surface area contributed by atoms with Crippen molar-refractivity contribution in [2.75, 3.05) is 6.54 Å². The van der Waals surface area contributed by atoms with Gasteiger partial charge in [0, 0.05) is 18.9 Å². The van der Waals surface area contributed by atoms with Gasteiger partial charge < -0.3 is 10.4 Å². The van der Waals surface area contributed by atoms with Crippen molar-refractivity contribution in [3.63, 3.8) is 0 Å². The second-order valence-electron chi connectivity index (χ2n) is 5.07. The molecule has 0 aliphatic carbocycles. The number of allylic oxidation sites excluding steroid dienone is 1. The van der Waals surface area contributed by atoms with E-state index >= 15 is 0 Å². The number of hydrogen-bond donors (Lipinski definition) is 2. The smallest absolute Gasteiger partial charge is 0.221 e. The molecule has 0 aliphatic rings. The molecule has 2 atom stereocenters. The molecular formula is C16H23NO2. The third-order valence-corrected chi connectivity index (χ3v) is 3.20. The molecule has 2 N–H and O–H groups in total. The molecule has 104 valence electrons. The van der Waals surface area contributed by atoms with Crippen LogP contribution in [0.1, 0.15) is 31.7 Å². The highest BCUT2D eigenvalue weighted by Gasteiger charge is 2.14. The molecule has 0 saturated heterocycles. The van der Waals surface area contributed by atoms with Crippen LogP contribution >= 0.6 is 0 Å². The second kappa shape index (κ2) is 7.74. The zero-order valence-corrected chi connectivity index (χ0v) is 11.7. The van der Waals surface area contributed by atoms with Crippen molar-refractivity contribution in [1.29, 1.82) is 0 Å². The summed E-state index contributed by atoms with van der Waals surface area (Å²) in [5.74, 6) is 0.0930. The van der Waals surface area contributed by atoms with Crippen molar-refractivity contribution < 1.29 is 9.90 Å². The van der Waals surface area contributed by atoms with E-state index < -0.39 is 6.10 Å². The second-order valence-corrected chi connectivity index (χ2v) is 5.07. The number of aliphatic hydroxyl groups excluding tert-OH is 1. The van der Waals surface area contributed by atoms with Crippen molar-refractivity contribution in [2.45, 2.75) is 32.3 Å². The number of nitrogens with one attached hydrogen (secondary N) is 1. The van der Waals surface area contributed by atoms with E-state index in [4.69, 9.17) is 0 Å². The van der Waals surface area contributed by atoms with Gasteiger partial charge in [0.25, 0.3) is 0 Å². The summed E-state index contributed by atoms with van der Waals surface area (Å²) in [6.07, 6.45) is 1.65. The van der Waals surface area contributed by atoms with Gasteiger partial charge >= 0.3 is 0 Å². The third-order valence-electron chi connectivity index (χ3n) is 3.20. The lowest BCUT2D eigenvalue weighted by Crippen LogP contribution is -2.35. The van der Waals surface area contributed by atoms with Crippen molar-refractivity contribution >= 4 is 5.91 Å². The number of benzene rings is 1. The minimum Gasteiger partial charge on any atom is -0.391 e. The van der Waals surface area contributed by atoms with Crippen molar-refractivity contribution in [3.05, 3.63) is 48.6 Å². The molecular weight excluding hydrogens is 238 g/mol. The molecule has 0 saturated carbocycles. The fourth-order valence-electron chi connectivity index (χ4n) is 1.76. The van der Waals surface area contributed by atoms with Crippen molar-refractivity contribution in [2.24, 2.45) is 5.92 Å². The maximum atomic E-state index is 11.8. The van der Waals surface area contributed by atoms with Crippen LogP contribution in [-0.4, -0.2) is 23.7 Å². The SMILES string of the molecule is C=CC(CC(=O)NCC(O)C(C)C)c1ccccc1. The number of carbonyl (C=O) groups is 1. The summed E-state index contributed by atoms with van der Waals surface area (Å²) in [7, 11) is 0. The first-order valence-corrected chi connectivity index (χ1v) is 6.66. The molecule has 0 heterocycles. The fourth-order valence-corrected chi connectivity index (χ4v) is 1.76. The summed E-state index contributed by atoms with van der Waals surface area (Å²) in [6.45, 7) is 7.93. The molecule has 1 rings (SSSR count). The van der Waals surface area contributed by atoms with Gasteiger partial charge in [-0.25, -0.2) is 0 Å². The van der Waals surface area contributed by atoms with E-state index in [0.717, 1.165) is 5.56 Å². The molecule has 0 aliphatic heterocycles. The van der Waals surface area contributed by atoms with E-state index in [1.54, 1.807) is 6.08 Å². The van der Waals surface area contributed by atoms with Gasteiger partial charge in [0.05, 0.1) is 6.10 Å². The van der Waals surface area contributed by atoms with E-state index in [-0.39, 0.29) is 17.7 Å². The zero-order chi connectivity index (χ0) is 14.3. The summed E-state index contributed by atoms with van der Waals surface area (Å²) in [6, 6.07) is 9.83. The van der Waals surface area contributed by atoms with Crippen LogP contribution in [0.3, 0.4) is 0 Å². The van der Waals surface area contributed by atoms with E-state index in [9.17, 15) is 9.90 Å². The molecule has 0 spiro atoms. The van der Waals surface area contributed by atoms with E-state index in [0.29, 0.717) is 13.0 Å². The Balaban J connectivity index is 2.48. The highest BCUT2D eigenvalue weighted by molar-refractivity contribution is 5.77. The summed E-state index contributed by atoms with van der Waals surface area (Å²) in [5.41, 5.74) is 1.08. The maximum Gasteiger partial charge on any atom is 0.221 e. The van der Waals surface area contributed by atoms with E-state index in [1.165, 1.54) is 0 Å². The summed E-state index contributed by atoms with van der Waals surface area (Å²) in [5, 5.41) is 12.4. The van der Waals surface area contributed by atoms with Gasteiger partial charge in [-0.1, -0.05) is 50.3 Å². The first-order chi connectivity index (χ1) is 9.04. The molecule has 2 unspecified atom stereocenters. The Morgan fingerprint density at radius 2 is 2.00 bits per heavy atom. The normalized spacial score (nSPS) is 13.9. The van der Waals surface area contributed by atoms with E-state index in [2.05, 4.69) is 11.9 Å². The summed E-state index contributed by atoms with van der Waals surface area (Å²) < 4.78 is 0. The molecule has 19 heavy (non-hydrogen) atoms. The number of amides is 1. The number of carbonyl (C=O) groups excluding carboxylic acids is 1. The van der Waals surface area contributed by atoms with Crippen LogP contribution in [0.5, 0.6) is 0 Å². The van der Waals surface area contributed by atoms with Crippen LogP contribution in [0.15, 0.2) is 43.0 Å². The lowest BCUT2D eigenvalue weighted by molar-refractivity contribution is -0.121. The largest absolute Gasteiger partial charge is 0.391 e. The topological polar surface area (TPSA) is 49.3 Å². The van der Waals surface area contributed by atoms with Crippen molar-refractivity contribution in [1.82, 2.24) is 5.32 Å². The van der Waals surface area contributed by atoms with Crippen LogP contribution < -0.4 is 5.32 Å². The average Bonchev–Trinajstić information content (AvgIpc) is 2.42. The molecule has 0 bridgehead atoms. The Kier molecular flexibility index (Phi) is 6.30. The molecule has 0 aromatic heterocycles. The molecule has 0 radical (unpaired) electrons. The maximum absolute atomic E-state index is 11.8. The summed E-state index contributed by atoms with van der Waals surface area (Å²) in [4.78, 5) is 11.8. The monoisotopic (exact) mass is 261 g/mol. The summed E-state index contributed by atoms with van der Waals surface area (Å²) >= 11 is 0. The predicted molar refractivity (Wildman–Crippen MR) is 77.9 cm³/mol. The van der Waals surface area contributed by atoms with Gasteiger partial charge in [-0.3, -0.25) is 4.79 Å². The fraction of sp³-hybridized carbons (Fsp3) is 0.438. The Morgan fingerprint density at radius 1 is 1.37 bits per heavy atom. The third kappa shape index (κ3) is 5.26. The van der Waals surface area contributed by atoms with Gasteiger partial charge in [0.1, 0.15) is 0 Å². The van der Waals surface area contributed by atoms with E-state index in [1.807, 2.05) is 44.2 Å². The Bertz CT molecular complexity index is 400. The van der Waals surface area contributed by atoms with Crippen LogP contribution in [0.4, 0.5) is 0 Å². The quantitative estimate of drug-likeness (QED) is 0.741. The predicted octanol–water partition coefficient (Wildman–Crippen LogP) is 2.48. The molecule has 1 amide bonds. The van der Waals surface area contributed by atoms with Crippen LogP contribution in [0.2, 0.25) is 0 Å². The first-order valence-electron chi connectivity index (χ1n) is 6.66. The van der Waals surface area contributed by atoms with Gasteiger partial charge in [-0.2, -0.15) is 0 Å². The van der Waals surface area contributed by atoms with Crippen molar-refractivity contribution in [3.8, 4) is 0 Å². The van der Waals surface area contributed by atoms with Crippen LogP contribution in [0.25, 0.3) is 0 Å². The van der Waals surface area contributed by atoms with Crippen LogP contribution in [-0.2, 0) is 4.79 Å². The average molecular weight is 261 g/mol. The Hall–Kier alpha value is -1.61. The molecule has 3 nitrogen and oxygen atoms in total. The Morgan fingerprint density at radius 3 is 2.53 bits per heavy atom. The Labute approximate surface area is 115 Å². The highest BCUT2D eigenvalue weighted by Crippen LogP contribution is 2.20. The lowest BCUT2D eigenvalue weighted by atomic mass is 9.95. The lowest BCUT2D eigenvalue weighted by Gasteiger charge is -2.17. The first kappa shape index (κ1) is 15.4. The number of aliphatic hydroxyl groups is 1. The standard InChI is InChI=1S/C16H23NO2/c1-4-13(14-8-6-5-7-9-14)10-16(19)17-11-15(18)12(2)3/h4-9,12-13,15,18H,1,10-11H2,2-3H3,(H,17,19). The molecule has 1 aromatic carbocycles. The van der Waals surface area contributed by atoms with Gasteiger partial charge in [0.15, 0.2) is 0 Å². The molecule has 0 fully saturated rings. The minimum absolute atomic E-state index is 0.0115. The van der Waals surface area contributed by atoms with Crippen LogP contribution in [0, 0.1) is 5.92 Å². The van der Waals surface area contributed by atoms with Gasteiger partial charge in [0.2, 0.25) is 5.91 Å². The zero-order valence-electron chi connectivity index (χ0n) is 11.7. The number of hydrogen-bond acceptors (Lipinski definition) is 2. The van der Waals surface area contributed by atoms with Gasteiger partial charge in [-0.05, 0) is 11.5 Å². The minimum atomic E-state index is -0.497. The number of rotatable bonds is 7. The molecule has 3 heteroatoms. The van der Waals surface area contributed by atoms with Gasteiger partial charge in [-0.15, -0.1) is 6.58 Å². The molecule has 1 aromatic rings.